The van der Waals surface area contributed by atoms with Gasteiger partial charge in [-0.3, -0.25) is 0 Å². The molecule has 2 nitrogen and oxygen atoms in total. The van der Waals surface area contributed by atoms with Crippen molar-refractivity contribution in [1.29, 1.82) is 0 Å². The highest BCUT2D eigenvalue weighted by Gasteiger charge is 2.21. The topological polar surface area (TPSA) is 24.9 Å². The zero-order valence-electron chi connectivity index (χ0n) is 12.9. The summed E-state index contributed by atoms with van der Waals surface area (Å²) in [6.45, 7) is 4.43. The largest absolute Gasteiger partial charge is 0.305 e. The number of nitrogens with one attached hydrogen (secondary N) is 1. The van der Waals surface area contributed by atoms with Gasteiger partial charge in [0.05, 0.1) is 11.7 Å². The summed E-state index contributed by atoms with van der Waals surface area (Å²) in [6.07, 6.45) is 6.05. The number of benzene rings is 1. The monoisotopic (exact) mass is 300 g/mol. The molecule has 21 heavy (non-hydrogen) atoms. The minimum Gasteiger partial charge on any atom is -0.305 e. The smallest absolute Gasteiger partial charge is 0.110 e. The molecule has 1 heterocycles. The van der Waals surface area contributed by atoms with Crippen molar-refractivity contribution in [3.05, 3.63) is 51.5 Å². The molecule has 0 aliphatic heterocycles. The van der Waals surface area contributed by atoms with Crippen LogP contribution in [0.5, 0.6) is 0 Å². The predicted molar refractivity (Wildman–Crippen MR) is 89.9 cm³/mol. The van der Waals surface area contributed by atoms with E-state index < -0.39 is 0 Å². The summed E-state index contributed by atoms with van der Waals surface area (Å²) in [6, 6.07) is 11.5. The van der Waals surface area contributed by atoms with Crippen LogP contribution in [0.2, 0.25) is 0 Å². The Morgan fingerprint density at radius 1 is 1.14 bits per heavy atom. The van der Waals surface area contributed by atoms with Crippen LogP contribution in [0.25, 0.3) is 0 Å². The number of fused-ring (bicyclic) bond motifs is 1. The summed E-state index contributed by atoms with van der Waals surface area (Å²) in [5, 5.41) is 4.98. The number of rotatable bonds is 5. The Bertz CT molecular complexity index is 551. The second kappa shape index (κ2) is 6.71. The van der Waals surface area contributed by atoms with Gasteiger partial charge in [-0.1, -0.05) is 44.2 Å². The van der Waals surface area contributed by atoms with Gasteiger partial charge in [0.1, 0.15) is 5.01 Å². The van der Waals surface area contributed by atoms with Crippen LogP contribution in [0.4, 0.5) is 0 Å². The van der Waals surface area contributed by atoms with E-state index in [1.807, 2.05) is 11.3 Å². The van der Waals surface area contributed by atoms with Crippen molar-refractivity contribution in [1.82, 2.24) is 10.3 Å². The SMILES string of the molecule is CC(C)NC(Cc1ccccc1)c1nc2c(s1)CCCC2. The molecule has 0 amide bonds. The lowest BCUT2D eigenvalue weighted by Crippen LogP contribution is -2.29. The lowest BCUT2D eigenvalue weighted by molar-refractivity contribution is 0.472. The van der Waals surface area contributed by atoms with Gasteiger partial charge < -0.3 is 5.32 Å². The molecule has 1 unspecified atom stereocenters. The highest BCUT2D eigenvalue weighted by atomic mass is 32.1. The molecule has 0 radical (unpaired) electrons. The third-order valence-electron chi connectivity index (χ3n) is 3.98. The summed E-state index contributed by atoms with van der Waals surface area (Å²) < 4.78 is 0. The van der Waals surface area contributed by atoms with Crippen molar-refractivity contribution in [3.63, 3.8) is 0 Å². The van der Waals surface area contributed by atoms with Crippen LogP contribution in [0, 0.1) is 0 Å². The normalized spacial score (nSPS) is 16.0. The van der Waals surface area contributed by atoms with Gasteiger partial charge in [0.15, 0.2) is 0 Å². The van der Waals surface area contributed by atoms with E-state index in [0.717, 1.165) is 6.42 Å². The molecular formula is C18H24N2S. The second-order valence-corrected chi connectivity index (χ2v) is 7.31. The zero-order valence-corrected chi connectivity index (χ0v) is 13.7. The minimum atomic E-state index is 0.336. The molecule has 1 aromatic carbocycles. The summed E-state index contributed by atoms with van der Waals surface area (Å²) >= 11 is 1.93. The van der Waals surface area contributed by atoms with Gasteiger partial charge >= 0.3 is 0 Å². The van der Waals surface area contributed by atoms with Crippen LogP contribution in [0.15, 0.2) is 30.3 Å². The van der Waals surface area contributed by atoms with Gasteiger partial charge in [0.2, 0.25) is 0 Å². The summed E-state index contributed by atoms with van der Waals surface area (Å²) in [5.41, 5.74) is 2.74. The molecule has 0 saturated carbocycles. The fourth-order valence-electron chi connectivity index (χ4n) is 2.99. The number of aryl methyl sites for hydroxylation is 2. The average Bonchev–Trinajstić information content (AvgIpc) is 2.91. The molecule has 0 bridgehead atoms. The van der Waals surface area contributed by atoms with Gasteiger partial charge in [0.25, 0.3) is 0 Å². The summed E-state index contributed by atoms with van der Waals surface area (Å²) in [4.78, 5) is 6.48. The van der Waals surface area contributed by atoms with Crippen molar-refractivity contribution in [2.24, 2.45) is 0 Å². The van der Waals surface area contributed by atoms with E-state index in [2.05, 4.69) is 49.5 Å². The van der Waals surface area contributed by atoms with Crippen molar-refractivity contribution in [2.75, 3.05) is 0 Å². The quantitative estimate of drug-likeness (QED) is 0.890. The Morgan fingerprint density at radius 3 is 2.62 bits per heavy atom. The first-order chi connectivity index (χ1) is 10.2. The van der Waals surface area contributed by atoms with Crippen molar-refractivity contribution >= 4 is 11.3 Å². The van der Waals surface area contributed by atoms with E-state index in [1.165, 1.54) is 46.8 Å². The maximum absolute atomic E-state index is 4.96. The van der Waals surface area contributed by atoms with Crippen molar-refractivity contribution in [3.8, 4) is 0 Å². The van der Waals surface area contributed by atoms with Gasteiger partial charge in [-0.2, -0.15) is 0 Å². The molecular weight excluding hydrogens is 276 g/mol. The summed E-state index contributed by atoms with van der Waals surface area (Å²) in [5.74, 6) is 0. The van der Waals surface area contributed by atoms with Crippen molar-refractivity contribution < 1.29 is 0 Å². The first-order valence-corrected chi connectivity index (χ1v) is 8.82. The third-order valence-corrected chi connectivity index (χ3v) is 5.25. The van der Waals surface area contributed by atoms with E-state index in [-0.39, 0.29) is 0 Å². The number of nitrogens with zero attached hydrogens (tertiary/aromatic N) is 1. The average molecular weight is 300 g/mol. The molecule has 0 spiro atoms. The number of aromatic nitrogens is 1. The molecule has 1 aliphatic carbocycles. The molecule has 2 aromatic rings. The van der Waals surface area contributed by atoms with Gasteiger partial charge in [-0.25, -0.2) is 4.98 Å². The molecule has 0 fully saturated rings. The standard InChI is InChI=1S/C18H24N2S/c1-13(2)19-16(12-14-8-4-3-5-9-14)18-20-15-10-6-7-11-17(15)21-18/h3-5,8-9,13,16,19H,6-7,10-12H2,1-2H3. The highest BCUT2D eigenvalue weighted by Crippen LogP contribution is 2.31. The number of thiazole rings is 1. The van der Waals surface area contributed by atoms with E-state index in [0.29, 0.717) is 12.1 Å². The maximum Gasteiger partial charge on any atom is 0.110 e. The first-order valence-electron chi connectivity index (χ1n) is 8.01. The van der Waals surface area contributed by atoms with Crippen LogP contribution in [-0.4, -0.2) is 11.0 Å². The fraction of sp³-hybridized carbons (Fsp3) is 0.500. The predicted octanol–water partition coefficient (Wildman–Crippen LogP) is 4.30. The maximum atomic E-state index is 4.96. The zero-order chi connectivity index (χ0) is 14.7. The molecule has 3 rings (SSSR count). The van der Waals surface area contributed by atoms with E-state index >= 15 is 0 Å². The minimum absolute atomic E-state index is 0.336. The van der Waals surface area contributed by atoms with Crippen LogP contribution >= 0.6 is 11.3 Å². The fourth-order valence-corrected chi connectivity index (χ4v) is 4.20. The highest BCUT2D eigenvalue weighted by molar-refractivity contribution is 7.11. The van der Waals surface area contributed by atoms with E-state index in [4.69, 9.17) is 4.98 Å². The third kappa shape index (κ3) is 3.72. The Labute approximate surface area is 131 Å². The Morgan fingerprint density at radius 2 is 1.90 bits per heavy atom. The molecule has 112 valence electrons. The number of hydrogen-bond acceptors (Lipinski definition) is 3. The van der Waals surface area contributed by atoms with Crippen LogP contribution in [0.1, 0.15) is 53.9 Å². The molecule has 1 aromatic heterocycles. The molecule has 1 N–H and O–H groups in total. The summed E-state index contributed by atoms with van der Waals surface area (Å²) in [7, 11) is 0. The lowest BCUT2D eigenvalue weighted by Gasteiger charge is -2.19. The first kappa shape index (κ1) is 14.7. The number of hydrogen-bond donors (Lipinski definition) is 1. The molecule has 1 aliphatic rings. The van der Waals surface area contributed by atoms with Crippen LogP contribution in [0.3, 0.4) is 0 Å². The Balaban J connectivity index is 1.83. The molecule has 0 saturated heterocycles. The second-order valence-electron chi connectivity index (χ2n) is 6.19. The van der Waals surface area contributed by atoms with Crippen molar-refractivity contribution in [2.45, 2.75) is 58.0 Å². The van der Waals surface area contributed by atoms with E-state index in [9.17, 15) is 0 Å². The Hall–Kier alpha value is -1.19. The molecule has 3 heteroatoms. The van der Waals surface area contributed by atoms with Gasteiger partial charge in [-0.15, -0.1) is 11.3 Å². The van der Waals surface area contributed by atoms with Crippen LogP contribution in [-0.2, 0) is 19.3 Å². The van der Waals surface area contributed by atoms with E-state index in [1.54, 1.807) is 0 Å². The molecule has 1 atom stereocenters. The van der Waals surface area contributed by atoms with Gasteiger partial charge in [-0.05, 0) is 37.7 Å². The Kier molecular flexibility index (Phi) is 4.71. The lowest BCUT2D eigenvalue weighted by atomic mass is 10.0. The van der Waals surface area contributed by atoms with Gasteiger partial charge in [0, 0.05) is 10.9 Å². The van der Waals surface area contributed by atoms with Crippen LogP contribution < -0.4 is 5.32 Å².